The Morgan fingerprint density at radius 1 is 1.35 bits per heavy atom. The molecule has 0 amide bonds. The van der Waals surface area contributed by atoms with E-state index in [2.05, 4.69) is 31.0 Å². The summed E-state index contributed by atoms with van der Waals surface area (Å²) >= 11 is 0. The second-order valence-corrected chi connectivity index (χ2v) is 5.50. The SMILES string of the molecule is CCC(CC)NCCN1CCCC(C)(OC)C1. The molecule has 1 unspecified atom stereocenters. The molecule has 102 valence electrons. The zero-order valence-corrected chi connectivity index (χ0v) is 12.1. The van der Waals surface area contributed by atoms with Gasteiger partial charge in [-0.15, -0.1) is 0 Å². The fraction of sp³-hybridized carbons (Fsp3) is 1.00. The van der Waals surface area contributed by atoms with Crippen LogP contribution >= 0.6 is 0 Å². The highest BCUT2D eigenvalue weighted by Crippen LogP contribution is 2.23. The molecule has 1 aliphatic rings. The molecule has 1 aliphatic heterocycles. The topological polar surface area (TPSA) is 24.5 Å². The van der Waals surface area contributed by atoms with Crippen molar-refractivity contribution >= 4 is 0 Å². The van der Waals surface area contributed by atoms with Gasteiger partial charge < -0.3 is 10.1 Å². The molecule has 3 nitrogen and oxygen atoms in total. The minimum Gasteiger partial charge on any atom is -0.377 e. The summed E-state index contributed by atoms with van der Waals surface area (Å²) in [5.41, 5.74) is 0.0766. The van der Waals surface area contributed by atoms with Crippen LogP contribution in [0.1, 0.15) is 46.5 Å². The average molecular weight is 242 g/mol. The third kappa shape index (κ3) is 4.94. The van der Waals surface area contributed by atoms with Crippen LogP contribution < -0.4 is 5.32 Å². The van der Waals surface area contributed by atoms with Crippen molar-refractivity contribution < 1.29 is 4.74 Å². The Kier molecular flexibility index (Phi) is 6.45. The first-order valence-electron chi connectivity index (χ1n) is 7.14. The van der Waals surface area contributed by atoms with Crippen LogP contribution in [-0.4, -0.2) is 49.8 Å². The molecule has 0 aromatic rings. The highest BCUT2D eigenvalue weighted by molar-refractivity contribution is 4.84. The number of rotatable bonds is 7. The van der Waals surface area contributed by atoms with Crippen LogP contribution in [0.15, 0.2) is 0 Å². The fourth-order valence-corrected chi connectivity index (χ4v) is 2.67. The van der Waals surface area contributed by atoms with Crippen molar-refractivity contribution in [1.82, 2.24) is 10.2 Å². The lowest BCUT2D eigenvalue weighted by molar-refractivity contribution is -0.0503. The average Bonchev–Trinajstić information content (AvgIpc) is 2.35. The minimum atomic E-state index is 0.0766. The molecule has 0 radical (unpaired) electrons. The van der Waals surface area contributed by atoms with Crippen molar-refractivity contribution in [3.05, 3.63) is 0 Å². The van der Waals surface area contributed by atoms with Crippen molar-refractivity contribution in [3.8, 4) is 0 Å². The quantitative estimate of drug-likeness (QED) is 0.741. The highest BCUT2D eigenvalue weighted by Gasteiger charge is 2.30. The van der Waals surface area contributed by atoms with Gasteiger partial charge >= 0.3 is 0 Å². The van der Waals surface area contributed by atoms with Gasteiger partial charge in [0, 0.05) is 32.8 Å². The lowest BCUT2D eigenvalue weighted by Gasteiger charge is -2.39. The largest absolute Gasteiger partial charge is 0.377 e. The van der Waals surface area contributed by atoms with Gasteiger partial charge in [0.15, 0.2) is 0 Å². The summed E-state index contributed by atoms with van der Waals surface area (Å²) in [6.45, 7) is 11.3. The number of piperidine rings is 1. The van der Waals surface area contributed by atoms with E-state index >= 15 is 0 Å². The Morgan fingerprint density at radius 3 is 2.65 bits per heavy atom. The van der Waals surface area contributed by atoms with E-state index in [-0.39, 0.29) is 5.60 Å². The summed E-state index contributed by atoms with van der Waals surface area (Å²) in [6, 6.07) is 0.689. The van der Waals surface area contributed by atoms with Crippen LogP contribution in [0.3, 0.4) is 0 Å². The Labute approximate surface area is 107 Å². The van der Waals surface area contributed by atoms with E-state index in [9.17, 15) is 0 Å². The molecule has 1 N–H and O–H groups in total. The van der Waals surface area contributed by atoms with Crippen molar-refractivity contribution in [3.63, 3.8) is 0 Å². The number of hydrogen-bond acceptors (Lipinski definition) is 3. The van der Waals surface area contributed by atoms with Crippen LogP contribution in [0.2, 0.25) is 0 Å². The first-order chi connectivity index (χ1) is 8.13. The van der Waals surface area contributed by atoms with E-state index in [1.165, 1.54) is 32.2 Å². The minimum absolute atomic E-state index is 0.0766. The molecule has 0 bridgehead atoms. The smallest absolute Gasteiger partial charge is 0.0777 e. The van der Waals surface area contributed by atoms with Gasteiger partial charge in [-0.2, -0.15) is 0 Å². The van der Waals surface area contributed by atoms with Crippen LogP contribution in [0.25, 0.3) is 0 Å². The molecular weight excluding hydrogens is 212 g/mol. The van der Waals surface area contributed by atoms with Crippen LogP contribution in [0.5, 0.6) is 0 Å². The monoisotopic (exact) mass is 242 g/mol. The number of likely N-dealkylation sites (tertiary alicyclic amines) is 1. The number of ether oxygens (including phenoxy) is 1. The highest BCUT2D eigenvalue weighted by atomic mass is 16.5. The third-order valence-corrected chi connectivity index (χ3v) is 4.08. The summed E-state index contributed by atoms with van der Waals surface area (Å²) in [6.07, 6.45) is 4.91. The van der Waals surface area contributed by atoms with Gasteiger partial charge in [-0.1, -0.05) is 13.8 Å². The molecule has 1 heterocycles. The first kappa shape index (κ1) is 14.9. The summed E-state index contributed by atoms with van der Waals surface area (Å²) in [5.74, 6) is 0. The maximum atomic E-state index is 5.62. The number of methoxy groups -OCH3 is 1. The van der Waals surface area contributed by atoms with E-state index in [1.807, 2.05) is 7.11 Å². The lowest BCUT2D eigenvalue weighted by Crippen LogP contribution is -2.49. The maximum absolute atomic E-state index is 5.62. The molecule has 0 aliphatic carbocycles. The van der Waals surface area contributed by atoms with Gasteiger partial charge in [0.2, 0.25) is 0 Å². The predicted octanol–water partition coefficient (Wildman–Crippen LogP) is 2.27. The summed E-state index contributed by atoms with van der Waals surface area (Å²) in [5, 5.41) is 3.63. The normalized spacial score (nSPS) is 26.6. The maximum Gasteiger partial charge on any atom is 0.0777 e. The number of nitrogens with zero attached hydrogens (tertiary/aromatic N) is 1. The van der Waals surface area contributed by atoms with E-state index in [4.69, 9.17) is 4.74 Å². The van der Waals surface area contributed by atoms with Crippen molar-refractivity contribution in [2.75, 3.05) is 33.3 Å². The Hall–Kier alpha value is -0.120. The summed E-state index contributed by atoms with van der Waals surface area (Å²) < 4.78 is 5.62. The Balaban J connectivity index is 2.23. The number of hydrogen-bond donors (Lipinski definition) is 1. The first-order valence-corrected chi connectivity index (χ1v) is 7.14. The van der Waals surface area contributed by atoms with Crippen molar-refractivity contribution in [2.45, 2.75) is 58.1 Å². The molecule has 17 heavy (non-hydrogen) atoms. The third-order valence-electron chi connectivity index (χ3n) is 4.08. The van der Waals surface area contributed by atoms with Gasteiger partial charge in [0.25, 0.3) is 0 Å². The molecule has 1 fully saturated rings. The molecule has 1 rings (SSSR count). The Bertz CT molecular complexity index is 206. The summed E-state index contributed by atoms with van der Waals surface area (Å²) in [7, 11) is 1.84. The van der Waals surface area contributed by atoms with Gasteiger partial charge in [-0.3, -0.25) is 4.90 Å². The van der Waals surface area contributed by atoms with Crippen LogP contribution in [0.4, 0.5) is 0 Å². The second-order valence-electron chi connectivity index (χ2n) is 5.50. The van der Waals surface area contributed by atoms with E-state index < -0.39 is 0 Å². The molecular formula is C14H30N2O. The molecule has 0 saturated carbocycles. The van der Waals surface area contributed by atoms with Gasteiger partial charge in [-0.05, 0) is 39.2 Å². The standard InChI is InChI=1S/C14H30N2O/c1-5-13(6-2)15-9-11-16-10-7-8-14(3,12-16)17-4/h13,15H,5-12H2,1-4H3. The molecule has 0 aromatic heterocycles. The van der Waals surface area contributed by atoms with Gasteiger partial charge in [-0.25, -0.2) is 0 Å². The molecule has 0 spiro atoms. The lowest BCUT2D eigenvalue weighted by atomic mass is 9.95. The van der Waals surface area contributed by atoms with E-state index in [0.717, 1.165) is 19.6 Å². The van der Waals surface area contributed by atoms with Crippen LogP contribution in [-0.2, 0) is 4.74 Å². The molecule has 3 heteroatoms. The Morgan fingerprint density at radius 2 is 2.06 bits per heavy atom. The summed E-state index contributed by atoms with van der Waals surface area (Å²) in [4.78, 5) is 2.53. The molecule has 1 saturated heterocycles. The van der Waals surface area contributed by atoms with Crippen molar-refractivity contribution in [1.29, 1.82) is 0 Å². The fourth-order valence-electron chi connectivity index (χ4n) is 2.67. The molecule has 0 aromatic carbocycles. The number of nitrogens with one attached hydrogen (secondary N) is 1. The van der Waals surface area contributed by atoms with Crippen LogP contribution in [0, 0.1) is 0 Å². The predicted molar refractivity (Wildman–Crippen MR) is 73.5 cm³/mol. The second kappa shape index (κ2) is 7.34. The van der Waals surface area contributed by atoms with Crippen molar-refractivity contribution in [2.24, 2.45) is 0 Å². The zero-order chi connectivity index (χ0) is 12.7. The molecule has 1 atom stereocenters. The zero-order valence-electron chi connectivity index (χ0n) is 12.1. The van der Waals surface area contributed by atoms with Gasteiger partial charge in [0.1, 0.15) is 0 Å². The van der Waals surface area contributed by atoms with E-state index in [1.54, 1.807) is 0 Å². The van der Waals surface area contributed by atoms with E-state index in [0.29, 0.717) is 6.04 Å². The van der Waals surface area contributed by atoms with Gasteiger partial charge in [0.05, 0.1) is 5.60 Å².